The van der Waals surface area contributed by atoms with E-state index in [1.165, 1.54) is 24.1 Å². The summed E-state index contributed by atoms with van der Waals surface area (Å²) in [4.78, 5) is 25.1. The predicted octanol–water partition coefficient (Wildman–Crippen LogP) is 2.16. The second-order valence-electron chi connectivity index (χ2n) is 5.01. The molecule has 0 radical (unpaired) electrons. The Kier molecular flexibility index (Phi) is 4.78. The van der Waals surface area contributed by atoms with Crippen molar-refractivity contribution in [2.45, 2.75) is 12.5 Å². The molecule has 1 amide bonds. The normalized spacial score (nSPS) is 11.7. The zero-order valence-corrected chi connectivity index (χ0v) is 12.1. The molecule has 0 saturated carbocycles. The third-order valence-electron chi connectivity index (χ3n) is 3.46. The summed E-state index contributed by atoms with van der Waals surface area (Å²) < 4.78 is 0. The van der Waals surface area contributed by atoms with Gasteiger partial charge in [-0.15, -0.1) is 0 Å². The van der Waals surface area contributed by atoms with Crippen molar-refractivity contribution in [1.82, 2.24) is 4.90 Å². The van der Waals surface area contributed by atoms with Gasteiger partial charge in [-0.3, -0.25) is 4.79 Å². The van der Waals surface area contributed by atoms with Gasteiger partial charge in [0, 0.05) is 19.0 Å². The van der Waals surface area contributed by atoms with Crippen LogP contribution >= 0.6 is 0 Å². The van der Waals surface area contributed by atoms with E-state index in [1.807, 2.05) is 0 Å². The summed E-state index contributed by atoms with van der Waals surface area (Å²) in [6, 6.07) is 13.9. The Bertz CT molecular complexity index is 652. The lowest BCUT2D eigenvalue weighted by Gasteiger charge is -2.25. The average Bonchev–Trinajstić information content (AvgIpc) is 2.53. The van der Waals surface area contributed by atoms with Crippen LogP contribution in [0.1, 0.15) is 15.9 Å². The van der Waals surface area contributed by atoms with Crippen molar-refractivity contribution in [3.05, 3.63) is 65.7 Å². The van der Waals surface area contributed by atoms with E-state index in [9.17, 15) is 19.8 Å². The summed E-state index contributed by atoms with van der Waals surface area (Å²) in [6.45, 7) is 0. The van der Waals surface area contributed by atoms with Crippen molar-refractivity contribution < 1.29 is 19.8 Å². The number of carbonyl (C=O) groups excluding carboxylic acids is 1. The predicted molar refractivity (Wildman–Crippen MR) is 81.8 cm³/mol. The standard InChI is InChI=1S/C17H17NO4/c1-18(16(20)13-5-3-2-4-6-13)15(17(21)22)11-12-7-9-14(19)10-8-12/h2-10,15,19H,11H2,1H3,(H,21,22)/t15-/m0/s1. The largest absolute Gasteiger partial charge is 0.508 e. The van der Waals surface area contributed by atoms with E-state index in [2.05, 4.69) is 0 Å². The topological polar surface area (TPSA) is 77.8 Å². The first-order valence-corrected chi connectivity index (χ1v) is 6.82. The van der Waals surface area contributed by atoms with Crippen LogP contribution in [0.15, 0.2) is 54.6 Å². The van der Waals surface area contributed by atoms with Crippen molar-refractivity contribution in [3.8, 4) is 5.75 Å². The number of aromatic hydroxyl groups is 1. The molecule has 0 spiro atoms. The number of hydrogen-bond acceptors (Lipinski definition) is 3. The van der Waals surface area contributed by atoms with Gasteiger partial charge in [0.05, 0.1) is 0 Å². The molecule has 0 fully saturated rings. The summed E-state index contributed by atoms with van der Waals surface area (Å²) in [5.41, 5.74) is 1.18. The molecule has 2 aromatic rings. The van der Waals surface area contributed by atoms with Crippen LogP contribution in [0.4, 0.5) is 0 Å². The number of aliphatic carboxylic acids is 1. The van der Waals surface area contributed by atoms with E-state index in [1.54, 1.807) is 42.5 Å². The van der Waals surface area contributed by atoms with Gasteiger partial charge in [0.25, 0.3) is 5.91 Å². The van der Waals surface area contributed by atoms with E-state index in [4.69, 9.17) is 0 Å². The number of amides is 1. The molecular weight excluding hydrogens is 282 g/mol. The van der Waals surface area contributed by atoms with Crippen LogP contribution in [0.2, 0.25) is 0 Å². The molecule has 114 valence electrons. The fourth-order valence-electron chi connectivity index (χ4n) is 2.17. The first-order valence-electron chi connectivity index (χ1n) is 6.82. The molecule has 5 nitrogen and oxygen atoms in total. The summed E-state index contributed by atoms with van der Waals surface area (Å²) in [6.07, 6.45) is 0.171. The summed E-state index contributed by atoms with van der Waals surface area (Å²) >= 11 is 0. The molecule has 0 aliphatic carbocycles. The third-order valence-corrected chi connectivity index (χ3v) is 3.46. The van der Waals surface area contributed by atoms with Gasteiger partial charge >= 0.3 is 5.97 Å². The second kappa shape index (κ2) is 6.76. The van der Waals surface area contributed by atoms with Crippen LogP contribution in [0, 0.1) is 0 Å². The van der Waals surface area contributed by atoms with Gasteiger partial charge in [0.1, 0.15) is 11.8 Å². The zero-order valence-electron chi connectivity index (χ0n) is 12.1. The quantitative estimate of drug-likeness (QED) is 0.887. The molecule has 0 bridgehead atoms. The number of nitrogens with zero attached hydrogens (tertiary/aromatic N) is 1. The highest BCUT2D eigenvalue weighted by molar-refractivity contribution is 5.96. The van der Waals surface area contributed by atoms with Gasteiger partial charge in [-0.2, -0.15) is 0 Å². The van der Waals surface area contributed by atoms with Crippen LogP contribution < -0.4 is 0 Å². The van der Waals surface area contributed by atoms with Gasteiger partial charge in [-0.05, 0) is 29.8 Å². The highest BCUT2D eigenvalue weighted by Crippen LogP contribution is 2.15. The Hall–Kier alpha value is -2.82. The third kappa shape index (κ3) is 3.63. The minimum Gasteiger partial charge on any atom is -0.508 e. The van der Waals surface area contributed by atoms with Gasteiger partial charge in [0.15, 0.2) is 0 Å². The first kappa shape index (κ1) is 15.6. The Morgan fingerprint density at radius 3 is 2.18 bits per heavy atom. The Morgan fingerprint density at radius 1 is 1.05 bits per heavy atom. The van der Waals surface area contributed by atoms with E-state index in [-0.39, 0.29) is 18.1 Å². The lowest BCUT2D eigenvalue weighted by atomic mass is 10.0. The van der Waals surface area contributed by atoms with Crippen LogP contribution in [0.3, 0.4) is 0 Å². The van der Waals surface area contributed by atoms with Gasteiger partial charge in [-0.25, -0.2) is 4.79 Å². The molecule has 0 aliphatic heterocycles. The molecule has 2 aromatic carbocycles. The number of phenolic OH excluding ortho intramolecular Hbond substituents is 1. The number of likely N-dealkylation sites (N-methyl/N-ethyl adjacent to an activating group) is 1. The maximum atomic E-state index is 12.4. The summed E-state index contributed by atoms with van der Waals surface area (Å²) in [7, 11) is 1.48. The lowest BCUT2D eigenvalue weighted by molar-refractivity contribution is -0.141. The van der Waals surface area contributed by atoms with Crippen molar-refractivity contribution in [2.24, 2.45) is 0 Å². The highest BCUT2D eigenvalue weighted by Gasteiger charge is 2.27. The van der Waals surface area contributed by atoms with Crippen molar-refractivity contribution in [2.75, 3.05) is 7.05 Å². The van der Waals surface area contributed by atoms with Crippen LogP contribution in [0.5, 0.6) is 5.75 Å². The second-order valence-corrected chi connectivity index (χ2v) is 5.01. The van der Waals surface area contributed by atoms with E-state index in [0.717, 1.165) is 5.56 Å². The number of carboxylic acids is 1. The van der Waals surface area contributed by atoms with Crippen LogP contribution in [-0.4, -0.2) is 40.1 Å². The molecule has 0 unspecified atom stereocenters. The fourth-order valence-corrected chi connectivity index (χ4v) is 2.17. The molecule has 0 heterocycles. The molecule has 2 rings (SSSR count). The molecule has 2 N–H and O–H groups in total. The van der Waals surface area contributed by atoms with Crippen LogP contribution in [0.25, 0.3) is 0 Å². The highest BCUT2D eigenvalue weighted by atomic mass is 16.4. The Morgan fingerprint density at radius 2 is 1.64 bits per heavy atom. The monoisotopic (exact) mass is 299 g/mol. The lowest BCUT2D eigenvalue weighted by Crippen LogP contribution is -2.43. The minimum atomic E-state index is -1.07. The maximum absolute atomic E-state index is 12.4. The molecule has 5 heteroatoms. The number of carbonyl (C=O) groups is 2. The van der Waals surface area contributed by atoms with Crippen molar-refractivity contribution in [3.63, 3.8) is 0 Å². The average molecular weight is 299 g/mol. The maximum Gasteiger partial charge on any atom is 0.326 e. The SMILES string of the molecule is CN(C(=O)c1ccccc1)[C@@H](Cc1ccc(O)cc1)C(=O)O. The van der Waals surface area contributed by atoms with Gasteiger partial charge in [-0.1, -0.05) is 30.3 Å². The Labute approximate surface area is 128 Å². The van der Waals surface area contributed by atoms with E-state index >= 15 is 0 Å². The number of benzene rings is 2. The smallest absolute Gasteiger partial charge is 0.326 e. The van der Waals surface area contributed by atoms with Crippen molar-refractivity contribution in [1.29, 1.82) is 0 Å². The van der Waals surface area contributed by atoms with Gasteiger partial charge in [0.2, 0.25) is 0 Å². The van der Waals surface area contributed by atoms with Crippen LogP contribution in [-0.2, 0) is 11.2 Å². The zero-order chi connectivity index (χ0) is 16.1. The molecular formula is C17H17NO4. The first-order chi connectivity index (χ1) is 10.5. The summed E-state index contributed by atoms with van der Waals surface area (Å²) in [5.74, 6) is -1.30. The van der Waals surface area contributed by atoms with Gasteiger partial charge < -0.3 is 15.1 Å². The number of carboxylic acid groups (broad SMARTS) is 1. The molecule has 1 atom stereocenters. The number of rotatable bonds is 5. The molecule has 0 aromatic heterocycles. The molecule has 0 aliphatic rings. The van der Waals surface area contributed by atoms with Crippen molar-refractivity contribution >= 4 is 11.9 Å². The van der Waals surface area contributed by atoms with E-state index in [0.29, 0.717) is 5.56 Å². The summed E-state index contributed by atoms with van der Waals surface area (Å²) in [5, 5.41) is 18.7. The minimum absolute atomic E-state index is 0.115. The molecule has 0 saturated heterocycles. The van der Waals surface area contributed by atoms with E-state index < -0.39 is 12.0 Å². The number of phenols is 1. The number of hydrogen-bond donors (Lipinski definition) is 2. The fraction of sp³-hybridized carbons (Fsp3) is 0.176. The molecule has 22 heavy (non-hydrogen) atoms. The Balaban J connectivity index is 2.18.